The molecule has 0 aliphatic rings. The molecule has 1 heterocycles. The molecule has 6 nitrogen and oxygen atoms in total. The summed E-state index contributed by atoms with van der Waals surface area (Å²) in [7, 11) is 0. The fraction of sp³-hybridized carbons (Fsp3) is 0.533. The van der Waals surface area contributed by atoms with Crippen LogP contribution in [0.1, 0.15) is 38.4 Å². The Morgan fingerprint density at radius 1 is 1.38 bits per heavy atom. The topological polar surface area (TPSA) is 91.3 Å². The van der Waals surface area contributed by atoms with Crippen LogP contribution in [0.2, 0.25) is 0 Å². The van der Waals surface area contributed by atoms with Crippen molar-refractivity contribution in [2.24, 2.45) is 5.92 Å². The number of urea groups is 1. The van der Waals surface area contributed by atoms with E-state index in [1.54, 1.807) is 6.20 Å². The molecule has 0 saturated carbocycles. The summed E-state index contributed by atoms with van der Waals surface area (Å²) in [4.78, 5) is 26.9. The molecule has 0 saturated heterocycles. The van der Waals surface area contributed by atoms with Crippen LogP contribution in [-0.4, -0.2) is 28.1 Å². The molecule has 0 bridgehead atoms. The van der Waals surface area contributed by atoms with Gasteiger partial charge in [0.2, 0.25) is 0 Å². The average molecular weight is 293 g/mol. The number of aromatic nitrogens is 1. The monoisotopic (exact) mass is 293 g/mol. The summed E-state index contributed by atoms with van der Waals surface area (Å²) in [5.74, 6) is -0.875. The van der Waals surface area contributed by atoms with Gasteiger partial charge in [0.25, 0.3) is 0 Å². The molecular formula is C15H23N3O3. The summed E-state index contributed by atoms with van der Waals surface area (Å²) in [5, 5.41) is 14.3. The van der Waals surface area contributed by atoms with Crippen molar-refractivity contribution in [1.29, 1.82) is 0 Å². The molecule has 3 N–H and O–H groups in total. The van der Waals surface area contributed by atoms with Crippen LogP contribution >= 0.6 is 0 Å². The molecule has 0 aliphatic carbocycles. The normalized spacial score (nSPS) is 12.0. The molecule has 21 heavy (non-hydrogen) atoms. The van der Waals surface area contributed by atoms with E-state index < -0.39 is 12.0 Å². The highest BCUT2D eigenvalue weighted by molar-refractivity contribution is 5.75. The lowest BCUT2D eigenvalue weighted by molar-refractivity contribution is -0.137. The van der Waals surface area contributed by atoms with Crippen LogP contribution in [0, 0.1) is 5.92 Å². The van der Waals surface area contributed by atoms with Crippen LogP contribution in [0.4, 0.5) is 4.79 Å². The average Bonchev–Trinajstić information content (AvgIpc) is 2.44. The molecule has 1 aromatic rings. The lowest BCUT2D eigenvalue weighted by Crippen LogP contribution is -2.45. The summed E-state index contributed by atoms with van der Waals surface area (Å²) >= 11 is 0. The number of nitrogens with zero attached hydrogens (tertiary/aromatic N) is 1. The summed E-state index contributed by atoms with van der Waals surface area (Å²) < 4.78 is 0. The maximum Gasteiger partial charge on any atom is 0.315 e. The van der Waals surface area contributed by atoms with Crippen molar-refractivity contribution in [3.63, 3.8) is 0 Å². The van der Waals surface area contributed by atoms with Gasteiger partial charge < -0.3 is 15.7 Å². The van der Waals surface area contributed by atoms with Gasteiger partial charge in [0, 0.05) is 12.2 Å². The molecule has 2 amide bonds. The molecule has 1 aromatic heterocycles. The van der Waals surface area contributed by atoms with E-state index >= 15 is 0 Å². The van der Waals surface area contributed by atoms with Crippen LogP contribution in [0.15, 0.2) is 18.3 Å². The van der Waals surface area contributed by atoms with Crippen molar-refractivity contribution < 1.29 is 14.7 Å². The summed E-state index contributed by atoms with van der Waals surface area (Å²) in [6.07, 6.45) is 2.45. The Balaban J connectivity index is 2.54. The first kappa shape index (κ1) is 16.9. The number of nitrogens with one attached hydrogen (secondary N) is 2. The van der Waals surface area contributed by atoms with Gasteiger partial charge >= 0.3 is 12.0 Å². The van der Waals surface area contributed by atoms with Crippen LogP contribution in [0.25, 0.3) is 0 Å². The van der Waals surface area contributed by atoms with E-state index in [4.69, 9.17) is 5.11 Å². The predicted molar refractivity (Wildman–Crippen MR) is 79.9 cm³/mol. The maximum atomic E-state index is 11.9. The number of pyridine rings is 1. The highest BCUT2D eigenvalue weighted by atomic mass is 16.4. The number of carbonyl (C=O) groups is 2. The Hall–Kier alpha value is -2.11. The Morgan fingerprint density at radius 3 is 2.67 bits per heavy atom. The predicted octanol–water partition coefficient (Wildman–Crippen LogP) is 1.94. The number of carboxylic acid groups (broad SMARTS) is 1. The summed E-state index contributed by atoms with van der Waals surface area (Å²) in [6, 6.07) is 3.08. The number of aryl methyl sites for hydroxylation is 1. The number of carbonyl (C=O) groups excluding carboxylic acids is 1. The van der Waals surface area contributed by atoms with Crippen molar-refractivity contribution in [3.8, 4) is 0 Å². The molecule has 0 fully saturated rings. The van der Waals surface area contributed by atoms with Crippen molar-refractivity contribution in [3.05, 3.63) is 29.6 Å². The second-order valence-electron chi connectivity index (χ2n) is 5.24. The molecule has 1 unspecified atom stereocenters. The zero-order chi connectivity index (χ0) is 15.8. The van der Waals surface area contributed by atoms with Crippen LogP contribution < -0.4 is 10.6 Å². The summed E-state index contributed by atoms with van der Waals surface area (Å²) in [5.41, 5.74) is 1.92. The van der Waals surface area contributed by atoms with Gasteiger partial charge in [-0.05, 0) is 24.0 Å². The Labute approximate surface area is 125 Å². The van der Waals surface area contributed by atoms with E-state index in [1.165, 1.54) is 0 Å². The molecule has 0 aliphatic heterocycles. The number of hydrogen-bond acceptors (Lipinski definition) is 3. The van der Waals surface area contributed by atoms with E-state index in [9.17, 15) is 9.59 Å². The first-order valence-electron chi connectivity index (χ1n) is 7.13. The van der Waals surface area contributed by atoms with Crippen LogP contribution in [0.5, 0.6) is 0 Å². The van der Waals surface area contributed by atoms with Crippen LogP contribution in [-0.2, 0) is 17.8 Å². The third kappa shape index (κ3) is 5.81. The van der Waals surface area contributed by atoms with Gasteiger partial charge in [0.1, 0.15) is 0 Å². The molecule has 1 rings (SSSR count). The number of aliphatic carboxylic acids is 1. The first-order valence-corrected chi connectivity index (χ1v) is 7.13. The third-order valence-corrected chi connectivity index (χ3v) is 3.30. The minimum absolute atomic E-state index is 0.0490. The van der Waals surface area contributed by atoms with Gasteiger partial charge in [-0.15, -0.1) is 0 Å². The maximum absolute atomic E-state index is 11.9. The Morgan fingerprint density at radius 2 is 2.10 bits per heavy atom. The van der Waals surface area contributed by atoms with Gasteiger partial charge in [0.05, 0.1) is 18.7 Å². The van der Waals surface area contributed by atoms with Crippen molar-refractivity contribution >= 4 is 12.0 Å². The number of hydrogen-bond donors (Lipinski definition) is 3. The van der Waals surface area contributed by atoms with Crippen molar-refractivity contribution in [2.75, 3.05) is 0 Å². The molecule has 0 radical (unpaired) electrons. The van der Waals surface area contributed by atoms with E-state index in [0.717, 1.165) is 17.7 Å². The fourth-order valence-corrected chi connectivity index (χ4v) is 1.98. The lowest BCUT2D eigenvalue weighted by Gasteiger charge is -2.21. The van der Waals surface area contributed by atoms with Gasteiger partial charge in [-0.25, -0.2) is 4.79 Å². The Bertz CT molecular complexity index is 489. The van der Waals surface area contributed by atoms with Gasteiger partial charge in [-0.3, -0.25) is 9.78 Å². The quantitative estimate of drug-likeness (QED) is 0.716. The molecule has 6 heteroatoms. The molecule has 1 atom stereocenters. The number of amides is 2. The standard InChI is InChI=1S/C15H23N3O3/c1-4-11-6-5-7-16-13(11)9-17-15(21)18-12(10(2)3)8-14(19)20/h5-7,10,12H,4,8-9H2,1-3H3,(H,19,20)(H2,17,18,21). The molecular weight excluding hydrogens is 270 g/mol. The Kier molecular flexibility index (Phi) is 6.65. The third-order valence-electron chi connectivity index (χ3n) is 3.30. The van der Waals surface area contributed by atoms with Gasteiger partial charge in [-0.2, -0.15) is 0 Å². The minimum Gasteiger partial charge on any atom is -0.481 e. The lowest BCUT2D eigenvalue weighted by atomic mass is 10.0. The highest BCUT2D eigenvalue weighted by Gasteiger charge is 2.19. The van der Waals surface area contributed by atoms with Crippen molar-refractivity contribution in [1.82, 2.24) is 15.6 Å². The molecule has 0 aromatic carbocycles. The first-order chi connectivity index (χ1) is 9.93. The van der Waals surface area contributed by atoms with Gasteiger partial charge in [0.15, 0.2) is 0 Å². The van der Waals surface area contributed by atoms with Crippen LogP contribution in [0.3, 0.4) is 0 Å². The molecule has 116 valence electrons. The minimum atomic E-state index is -0.924. The highest BCUT2D eigenvalue weighted by Crippen LogP contribution is 2.07. The zero-order valence-corrected chi connectivity index (χ0v) is 12.7. The molecule has 0 spiro atoms. The van der Waals surface area contributed by atoms with Crippen molar-refractivity contribution in [2.45, 2.75) is 46.2 Å². The van der Waals surface area contributed by atoms with E-state index in [1.807, 2.05) is 32.9 Å². The second-order valence-corrected chi connectivity index (χ2v) is 5.24. The largest absolute Gasteiger partial charge is 0.481 e. The van der Waals surface area contributed by atoms with E-state index in [0.29, 0.717) is 6.54 Å². The smallest absolute Gasteiger partial charge is 0.315 e. The summed E-state index contributed by atoms with van der Waals surface area (Å²) in [6.45, 7) is 6.11. The van der Waals surface area contributed by atoms with E-state index in [2.05, 4.69) is 15.6 Å². The number of carboxylic acids is 1. The zero-order valence-electron chi connectivity index (χ0n) is 12.7. The van der Waals surface area contributed by atoms with Gasteiger partial charge in [-0.1, -0.05) is 26.8 Å². The number of rotatable bonds is 7. The SMILES string of the molecule is CCc1cccnc1CNC(=O)NC(CC(=O)O)C(C)C. The fourth-order valence-electron chi connectivity index (χ4n) is 1.98. The van der Waals surface area contributed by atoms with E-state index in [-0.39, 0.29) is 18.4 Å². The second kappa shape index (κ2) is 8.24.